The lowest BCUT2D eigenvalue weighted by Crippen LogP contribution is -2.51. The number of nitrogens with one attached hydrogen (secondary N) is 1. The highest BCUT2D eigenvalue weighted by Gasteiger charge is 2.36. The molecule has 9 heteroatoms. The van der Waals surface area contributed by atoms with Crippen molar-refractivity contribution >= 4 is 16.2 Å². The van der Waals surface area contributed by atoms with Crippen LogP contribution in [0.5, 0.6) is 0 Å². The maximum Gasteiger partial charge on any atom is 0.322 e. The van der Waals surface area contributed by atoms with Crippen molar-refractivity contribution in [2.45, 2.75) is 31.8 Å². The Hall–Kier alpha value is -1.45. The van der Waals surface area contributed by atoms with E-state index in [1.165, 1.54) is 0 Å². The molecule has 0 aliphatic carbocycles. The van der Waals surface area contributed by atoms with Crippen LogP contribution in [0.25, 0.3) is 0 Å². The summed E-state index contributed by atoms with van der Waals surface area (Å²) in [6.07, 6.45) is 3.46. The number of hydrogen-bond acceptors (Lipinski definition) is 4. The molecule has 20 heavy (non-hydrogen) atoms. The molecule has 0 amide bonds. The fourth-order valence-corrected chi connectivity index (χ4v) is 3.64. The molecule has 1 atom stereocenters. The molecule has 0 bridgehead atoms. The van der Waals surface area contributed by atoms with Crippen LogP contribution in [0.4, 0.5) is 0 Å². The van der Waals surface area contributed by atoms with E-state index in [1.54, 1.807) is 24.0 Å². The zero-order chi connectivity index (χ0) is 14.8. The Morgan fingerprint density at radius 3 is 2.90 bits per heavy atom. The number of aliphatic carboxylic acids is 1. The average Bonchev–Trinajstić information content (AvgIpc) is 2.82. The minimum Gasteiger partial charge on any atom is -0.480 e. The largest absolute Gasteiger partial charge is 0.480 e. The summed E-state index contributed by atoms with van der Waals surface area (Å²) in [6.45, 7) is 0.278. The second-order valence-corrected chi connectivity index (χ2v) is 6.48. The first kappa shape index (κ1) is 14.9. The number of piperidine rings is 1. The highest BCUT2D eigenvalue weighted by Crippen LogP contribution is 2.20. The molecule has 1 aliphatic rings. The normalized spacial score (nSPS) is 20.9. The van der Waals surface area contributed by atoms with Gasteiger partial charge >= 0.3 is 5.97 Å². The number of nitrogens with zero attached hydrogens (tertiary/aromatic N) is 3. The van der Waals surface area contributed by atoms with Gasteiger partial charge in [0.25, 0.3) is 10.2 Å². The van der Waals surface area contributed by atoms with Crippen molar-refractivity contribution in [3.8, 4) is 0 Å². The Labute approximate surface area is 117 Å². The Kier molecular flexibility index (Phi) is 4.41. The molecular weight excluding hydrogens is 284 g/mol. The maximum atomic E-state index is 12.2. The number of rotatable bonds is 5. The van der Waals surface area contributed by atoms with E-state index in [0.717, 1.165) is 10.7 Å². The summed E-state index contributed by atoms with van der Waals surface area (Å²) in [5.74, 6) is -1.10. The molecular formula is C11H18N4O4S. The fraction of sp³-hybridized carbons (Fsp3) is 0.636. The fourth-order valence-electron chi connectivity index (χ4n) is 2.25. The van der Waals surface area contributed by atoms with Crippen LogP contribution in [0, 0.1) is 0 Å². The highest BCUT2D eigenvalue weighted by atomic mass is 32.2. The third-order valence-corrected chi connectivity index (χ3v) is 4.82. The van der Waals surface area contributed by atoms with E-state index in [2.05, 4.69) is 9.82 Å². The second kappa shape index (κ2) is 5.90. The van der Waals surface area contributed by atoms with E-state index in [-0.39, 0.29) is 13.1 Å². The van der Waals surface area contributed by atoms with E-state index in [1.807, 2.05) is 0 Å². The molecule has 2 heterocycles. The predicted octanol–water partition coefficient (Wildman–Crippen LogP) is -0.306. The molecule has 1 aromatic rings. The smallest absolute Gasteiger partial charge is 0.322 e. The monoisotopic (exact) mass is 302 g/mol. The molecule has 2 rings (SSSR count). The summed E-state index contributed by atoms with van der Waals surface area (Å²) in [5.41, 5.74) is 0.583. The van der Waals surface area contributed by atoms with Crippen LogP contribution in [-0.2, 0) is 28.6 Å². The Bertz CT molecular complexity index is 583. The molecule has 0 spiro atoms. The molecule has 0 aromatic carbocycles. The molecule has 8 nitrogen and oxygen atoms in total. The van der Waals surface area contributed by atoms with E-state index in [9.17, 15) is 13.2 Å². The van der Waals surface area contributed by atoms with Crippen molar-refractivity contribution in [1.29, 1.82) is 0 Å². The number of carbonyl (C=O) groups is 1. The number of aromatic nitrogens is 2. The predicted molar refractivity (Wildman–Crippen MR) is 70.9 cm³/mol. The summed E-state index contributed by atoms with van der Waals surface area (Å²) in [4.78, 5) is 11.1. The first-order valence-corrected chi connectivity index (χ1v) is 7.82. The van der Waals surface area contributed by atoms with Gasteiger partial charge in [-0.1, -0.05) is 0 Å². The van der Waals surface area contributed by atoms with Crippen molar-refractivity contribution in [3.05, 3.63) is 18.0 Å². The summed E-state index contributed by atoms with van der Waals surface area (Å²) < 4.78 is 29.4. The zero-order valence-electron chi connectivity index (χ0n) is 11.2. The summed E-state index contributed by atoms with van der Waals surface area (Å²) in [6, 6.07) is 0.720. The van der Waals surface area contributed by atoms with Crippen LogP contribution in [0.3, 0.4) is 0 Å². The number of hydrogen-bond donors (Lipinski definition) is 2. The van der Waals surface area contributed by atoms with Crippen molar-refractivity contribution in [1.82, 2.24) is 18.8 Å². The van der Waals surface area contributed by atoms with Crippen LogP contribution >= 0.6 is 0 Å². The number of carboxylic acids is 1. The van der Waals surface area contributed by atoms with Crippen molar-refractivity contribution in [2.75, 3.05) is 6.54 Å². The quantitative estimate of drug-likeness (QED) is 0.776. The minimum atomic E-state index is -3.81. The van der Waals surface area contributed by atoms with Gasteiger partial charge in [0.15, 0.2) is 0 Å². The lowest BCUT2D eigenvalue weighted by Gasteiger charge is -2.31. The van der Waals surface area contributed by atoms with Crippen LogP contribution in [0.15, 0.2) is 12.3 Å². The first-order valence-electron chi connectivity index (χ1n) is 6.38. The summed E-state index contributed by atoms with van der Waals surface area (Å²) in [7, 11) is -2.07. The van der Waals surface area contributed by atoms with Crippen molar-refractivity contribution in [2.24, 2.45) is 7.05 Å². The standard InChI is InChI=1S/C11H18N4O4S/c1-14-7-5-9(13-14)8-12-20(18,19)15-6-3-2-4-10(15)11(16)17/h5,7,10,12H,2-4,6,8H2,1H3,(H,16,17). The lowest BCUT2D eigenvalue weighted by atomic mass is 10.1. The van der Waals surface area contributed by atoms with Crippen molar-refractivity contribution < 1.29 is 18.3 Å². The van der Waals surface area contributed by atoms with E-state index < -0.39 is 22.2 Å². The van der Waals surface area contributed by atoms with Gasteiger partial charge in [-0.3, -0.25) is 9.48 Å². The molecule has 0 radical (unpaired) electrons. The average molecular weight is 302 g/mol. The topological polar surface area (TPSA) is 105 Å². The Morgan fingerprint density at radius 2 is 2.30 bits per heavy atom. The van der Waals surface area contributed by atoms with Crippen LogP contribution in [0.1, 0.15) is 25.0 Å². The maximum absolute atomic E-state index is 12.2. The van der Waals surface area contributed by atoms with Gasteiger partial charge in [-0.05, 0) is 25.3 Å². The van der Waals surface area contributed by atoms with Crippen LogP contribution in [-0.4, -0.2) is 46.2 Å². The second-order valence-electron chi connectivity index (χ2n) is 4.77. The minimum absolute atomic E-state index is 0.0476. The zero-order valence-corrected chi connectivity index (χ0v) is 12.0. The lowest BCUT2D eigenvalue weighted by molar-refractivity contribution is -0.142. The molecule has 1 aromatic heterocycles. The highest BCUT2D eigenvalue weighted by molar-refractivity contribution is 7.87. The molecule has 0 saturated carbocycles. The molecule has 2 N–H and O–H groups in total. The Morgan fingerprint density at radius 1 is 1.55 bits per heavy atom. The Balaban J connectivity index is 2.06. The SMILES string of the molecule is Cn1ccc(CNS(=O)(=O)N2CCCCC2C(=O)O)n1. The van der Waals surface area contributed by atoms with Gasteiger partial charge in [-0.15, -0.1) is 0 Å². The number of carboxylic acid groups (broad SMARTS) is 1. The van der Waals surface area contributed by atoms with Gasteiger partial charge in [0.05, 0.1) is 12.2 Å². The van der Waals surface area contributed by atoms with Gasteiger partial charge < -0.3 is 5.11 Å². The van der Waals surface area contributed by atoms with E-state index >= 15 is 0 Å². The molecule has 112 valence electrons. The van der Waals surface area contributed by atoms with Crippen molar-refractivity contribution in [3.63, 3.8) is 0 Å². The summed E-state index contributed by atoms with van der Waals surface area (Å²) in [5, 5.41) is 13.2. The van der Waals surface area contributed by atoms with Gasteiger partial charge in [0.1, 0.15) is 6.04 Å². The van der Waals surface area contributed by atoms with Gasteiger partial charge in [-0.25, -0.2) is 0 Å². The van der Waals surface area contributed by atoms with E-state index in [4.69, 9.17) is 5.11 Å². The summed E-state index contributed by atoms with van der Waals surface area (Å²) >= 11 is 0. The molecule has 1 unspecified atom stereocenters. The van der Waals surface area contributed by atoms with Gasteiger partial charge in [0, 0.05) is 19.8 Å². The first-order chi connectivity index (χ1) is 9.40. The van der Waals surface area contributed by atoms with Gasteiger partial charge in [-0.2, -0.15) is 22.5 Å². The molecule has 1 aliphatic heterocycles. The van der Waals surface area contributed by atoms with Crippen LogP contribution < -0.4 is 4.72 Å². The third kappa shape index (κ3) is 3.35. The van der Waals surface area contributed by atoms with E-state index in [0.29, 0.717) is 18.5 Å². The molecule has 1 saturated heterocycles. The number of aryl methyl sites for hydroxylation is 1. The molecule has 1 fully saturated rings. The third-order valence-electron chi connectivity index (χ3n) is 3.25. The van der Waals surface area contributed by atoms with Crippen LogP contribution in [0.2, 0.25) is 0 Å². The van der Waals surface area contributed by atoms with Gasteiger partial charge in [0.2, 0.25) is 0 Å².